The van der Waals surface area contributed by atoms with Crippen LogP contribution in [-0.4, -0.2) is 74.4 Å². The number of nitrogens with zero attached hydrogens (tertiary/aromatic N) is 5. The van der Waals surface area contributed by atoms with E-state index >= 15 is 0 Å². The maximum absolute atomic E-state index is 5.46. The Kier molecular flexibility index (Phi) is 6.18. The Bertz CT molecular complexity index is 1010. The molecule has 0 atom stereocenters. The lowest BCUT2D eigenvalue weighted by Crippen LogP contribution is -2.44. The van der Waals surface area contributed by atoms with E-state index < -0.39 is 0 Å². The van der Waals surface area contributed by atoms with Crippen molar-refractivity contribution in [2.75, 3.05) is 59.5 Å². The van der Waals surface area contributed by atoms with Gasteiger partial charge in [-0.15, -0.1) is 0 Å². The summed E-state index contributed by atoms with van der Waals surface area (Å²) in [5, 5.41) is 0. The molecule has 3 aromatic rings. The largest absolute Gasteiger partial charge is 0.493 e. The lowest BCUT2D eigenvalue weighted by Gasteiger charge is -2.33. The van der Waals surface area contributed by atoms with Gasteiger partial charge in [0.15, 0.2) is 11.5 Å². The van der Waals surface area contributed by atoms with E-state index in [0.29, 0.717) is 22.9 Å². The number of anilines is 1. The molecule has 0 saturated carbocycles. The first-order chi connectivity index (χ1) is 15.1. The van der Waals surface area contributed by atoms with Crippen LogP contribution in [-0.2, 0) is 0 Å². The van der Waals surface area contributed by atoms with Crippen molar-refractivity contribution in [1.82, 2.24) is 19.9 Å². The molecule has 0 aliphatic carbocycles. The minimum absolute atomic E-state index is 0.543. The fourth-order valence-electron chi connectivity index (χ4n) is 3.63. The van der Waals surface area contributed by atoms with Crippen LogP contribution < -0.4 is 19.1 Å². The molecule has 8 heteroatoms. The SMILES string of the molecule is COc1cc(-c2cncc(-c3ccc(N4CCN(C)CC4)nc3)n2)cc(OC)c1OC. The van der Waals surface area contributed by atoms with E-state index in [0.717, 1.165) is 48.8 Å². The Morgan fingerprint density at radius 1 is 0.774 bits per heavy atom. The van der Waals surface area contributed by atoms with Gasteiger partial charge in [-0.1, -0.05) is 0 Å². The third-order valence-electron chi connectivity index (χ3n) is 5.47. The molecule has 1 fully saturated rings. The van der Waals surface area contributed by atoms with Crippen molar-refractivity contribution < 1.29 is 14.2 Å². The number of hydrogen-bond acceptors (Lipinski definition) is 8. The molecule has 31 heavy (non-hydrogen) atoms. The summed E-state index contributed by atoms with van der Waals surface area (Å²) >= 11 is 0. The van der Waals surface area contributed by atoms with Crippen LogP contribution in [0.2, 0.25) is 0 Å². The number of aromatic nitrogens is 3. The van der Waals surface area contributed by atoms with E-state index in [-0.39, 0.29) is 0 Å². The van der Waals surface area contributed by atoms with Crippen molar-refractivity contribution in [3.8, 4) is 39.8 Å². The molecule has 0 unspecified atom stereocenters. The van der Waals surface area contributed by atoms with Crippen LogP contribution in [0.4, 0.5) is 5.82 Å². The molecule has 3 heterocycles. The summed E-state index contributed by atoms with van der Waals surface area (Å²) in [6.45, 7) is 4.07. The number of ether oxygens (including phenoxy) is 3. The Hall–Kier alpha value is -3.39. The highest BCUT2D eigenvalue weighted by atomic mass is 16.5. The average Bonchev–Trinajstić information content (AvgIpc) is 2.83. The molecule has 0 radical (unpaired) electrons. The van der Waals surface area contributed by atoms with Crippen LogP contribution in [0.25, 0.3) is 22.5 Å². The van der Waals surface area contributed by atoms with Gasteiger partial charge in [-0.25, -0.2) is 9.97 Å². The lowest BCUT2D eigenvalue weighted by molar-refractivity contribution is 0.312. The summed E-state index contributed by atoms with van der Waals surface area (Å²) in [6, 6.07) is 7.83. The average molecular weight is 422 g/mol. The second-order valence-electron chi connectivity index (χ2n) is 7.40. The topological polar surface area (TPSA) is 72.8 Å². The van der Waals surface area contributed by atoms with E-state index in [2.05, 4.69) is 32.9 Å². The number of rotatable bonds is 6. The molecule has 1 aliphatic rings. The van der Waals surface area contributed by atoms with Crippen LogP contribution in [0.1, 0.15) is 0 Å². The number of methoxy groups -OCH3 is 3. The maximum atomic E-state index is 5.46. The maximum Gasteiger partial charge on any atom is 0.203 e. The minimum atomic E-state index is 0.543. The number of piperazine rings is 1. The normalized spacial score (nSPS) is 14.4. The van der Waals surface area contributed by atoms with E-state index in [1.165, 1.54) is 0 Å². The van der Waals surface area contributed by atoms with Gasteiger partial charge in [0.25, 0.3) is 0 Å². The molecule has 0 amide bonds. The molecular weight excluding hydrogens is 394 g/mol. The first-order valence-electron chi connectivity index (χ1n) is 10.1. The molecule has 1 aromatic carbocycles. The zero-order chi connectivity index (χ0) is 21.8. The van der Waals surface area contributed by atoms with Gasteiger partial charge in [-0.3, -0.25) is 4.98 Å². The van der Waals surface area contributed by atoms with Gasteiger partial charge in [0.2, 0.25) is 5.75 Å². The van der Waals surface area contributed by atoms with Gasteiger partial charge in [0.1, 0.15) is 5.82 Å². The van der Waals surface area contributed by atoms with Crippen LogP contribution >= 0.6 is 0 Å². The number of likely N-dealkylation sites (N-methyl/N-ethyl adjacent to an activating group) is 1. The summed E-state index contributed by atoms with van der Waals surface area (Å²) in [5.74, 6) is 2.68. The summed E-state index contributed by atoms with van der Waals surface area (Å²) in [7, 11) is 6.92. The molecular formula is C23H27N5O3. The van der Waals surface area contributed by atoms with Crippen molar-refractivity contribution in [3.63, 3.8) is 0 Å². The fraction of sp³-hybridized carbons (Fsp3) is 0.348. The molecule has 0 spiro atoms. The van der Waals surface area contributed by atoms with Gasteiger partial charge in [0.05, 0.1) is 45.1 Å². The van der Waals surface area contributed by atoms with Gasteiger partial charge >= 0.3 is 0 Å². The zero-order valence-electron chi connectivity index (χ0n) is 18.3. The van der Waals surface area contributed by atoms with Crippen LogP contribution in [0, 0.1) is 0 Å². The molecule has 162 valence electrons. The Morgan fingerprint density at radius 2 is 1.42 bits per heavy atom. The molecule has 1 aliphatic heterocycles. The second kappa shape index (κ2) is 9.18. The van der Waals surface area contributed by atoms with E-state index in [9.17, 15) is 0 Å². The van der Waals surface area contributed by atoms with Crippen molar-refractivity contribution in [2.45, 2.75) is 0 Å². The Labute approximate surface area is 182 Å². The predicted molar refractivity (Wildman–Crippen MR) is 120 cm³/mol. The van der Waals surface area contributed by atoms with E-state index in [4.69, 9.17) is 19.2 Å². The number of hydrogen-bond donors (Lipinski definition) is 0. The van der Waals surface area contributed by atoms with Crippen molar-refractivity contribution in [2.24, 2.45) is 0 Å². The fourth-order valence-corrected chi connectivity index (χ4v) is 3.63. The van der Waals surface area contributed by atoms with Gasteiger partial charge < -0.3 is 24.0 Å². The number of pyridine rings is 1. The summed E-state index contributed by atoms with van der Waals surface area (Å²) < 4.78 is 16.3. The molecule has 0 bridgehead atoms. The zero-order valence-corrected chi connectivity index (χ0v) is 18.3. The van der Waals surface area contributed by atoms with Crippen molar-refractivity contribution >= 4 is 5.82 Å². The molecule has 4 rings (SSSR count). The minimum Gasteiger partial charge on any atom is -0.493 e. The van der Waals surface area contributed by atoms with Gasteiger partial charge in [-0.05, 0) is 31.3 Å². The standard InChI is InChI=1S/C23H27N5O3/c1-27-7-9-28(10-8-27)22-6-5-16(13-25-22)18-14-24-15-19(26-18)17-11-20(29-2)23(31-4)21(12-17)30-3/h5-6,11-15H,7-10H2,1-4H3. The summed E-state index contributed by atoms with van der Waals surface area (Å²) in [6.07, 6.45) is 5.32. The predicted octanol–water partition coefficient (Wildman–Crippen LogP) is 2.98. The third-order valence-corrected chi connectivity index (χ3v) is 5.47. The van der Waals surface area contributed by atoms with Crippen LogP contribution in [0.5, 0.6) is 17.2 Å². The van der Waals surface area contributed by atoms with E-state index in [1.54, 1.807) is 33.7 Å². The first-order valence-corrected chi connectivity index (χ1v) is 10.1. The van der Waals surface area contributed by atoms with Gasteiger partial charge in [0, 0.05) is 43.5 Å². The van der Waals surface area contributed by atoms with Crippen molar-refractivity contribution in [3.05, 3.63) is 42.9 Å². The Morgan fingerprint density at radius 3 is 1.97 bits per heavy atom. The molecule has 0 N–H and O–H groups in total. The monoisotopic (exact) mass is 421 g/mol. The highest BCUT2D eigenvalue weighted by Gasteiger charge is 2.17. The van der Waals surface area contributed by atoms with Crippen LogP contribution in [0.15, 0.2) is 42.9 Å². The lowest BCUT2D eigenvalue weighted by atomic mass is 10.1. The molecule has 8 nitrogen and oxygen atoms in total. The summed E-state index contributed by atoms with van der Waals surface area (Å²) in [5.41, 5.74) is 3.20. The van der Waals surface area contributed by atoms with Crippen molar-refractivity contribution in [1.29, 1.82) is 0 Å². The van der Waals surface area contributed by atoms with E-state index in [1.807, 2.05) is 24.4 Å². The molecule has 1 saturated heterocycles. The van der Waals surface area contributed by atoms with Crippen LogP contribution in [0.3, 0.4) is 0 Å². The number of benzene rings is 1. The smallest absolute Gasteiger partial charge is 0.203 e. The second-order valence-corrected chi connectivity index (χ2v) is 7.40. The highest BCUT2D eigenvalue weighted by Crippen LogP contribution is 2.40. The Balaban J connectivity index is 1.62. The van der Waals surface area contributed by atoms with Gasteiger partial charge in [-0.2, -0.15) is 0 Å². The summed E-state index contributed by atoms with van der Waals surface area (Å²) in [4.78, 5) is 18.5. The quantitative estimate of drug-likeness (QED) is 0.602. The highest BCUT2D eigenvalue weighted by molar-refractivity contribution is 5.70. The third kappa shape index (κ3) is 4.39. The first kappa shape index (κ1) is 20.9. The molecule has 2 aromatic heterocycles.